The van der Waals surface area contributed by atoms with Crippen molar-refractivity contribution in [1.82, 2.24) is 15.1 Å². The number of aromatic hydroxyl groups is 1. The highest BCUT2D eigenvalue weighted by molar-refractivity contribution is 7.99. The van der Waals surface area contributed by atoms with Crippen molar-refractivity contribution in [2.45, 2.75) is 81.5 Å². The number of esters is 1. The van der Waals surface area contributed by atoms with E-state index in [1.165, 1.54) is 11.8 Å². The van der Waals surface area contributed by atoms with Gasteiger partial charge in [-0.25, -0.2) is 4.79 Å². The molecule has 6 aliphatic rings. The first-order valence-corrected chi connectivity index (χ1v) is 17.6. The molecule has 2 aromatic rings. The number of nitriles is 1. The first-order valence-electron chi connectivity index (χ1n) is 16.6. The lowest BCUT2D eigenvalue weighted by Gasteiger charge is -2.61. The van der Waals surface area contributed by atoms with Crippen LogP contribution in [0.2, 0.25) is 0 Å². The fourth-order valence-electron chi connectivity index (χ4n) is 8.54. The molecule has 0 saturated carbocycles. The average Bonchev–Trinajstić information content (AvgIpc) is 3.57. The zero-order valence-electron chi connectivity index (χ0n) is 28.5. The van der Waals surface area contributed by atoms with Crippen molar-refractivity contribution < 1.29 is 43.1 Å². The van der Waals surface area contributed by atoms with E-state index in [1.807, 2.05) is 20.9 Å². The van der Waals surface area contributed by atoms with E-state index in [0.29, 0.717) is 52.5 Å². The molecule has 0 radical (unpaired) electrons. The number of carbonyl (C=O) groups is 2. The van der Waals surface area contributed by atoms with Gasteiger partial charge in [0, 0.05) is 53.6 Å². The molecular weight excluding hydrogens is 652 g/mol. The molecule has 1 unspecified atom stereocenters. The van der Waals surface area contributed by atoms with E-state index in [0.717, 1.165) is 16.7 Å². The molecule has 8 rings (SSSR count). The molecule has 1 amide bonds. The molecule has 2 saturated heterocycles. The standard InChI is InChI=1S/C35H42N4O9S/c1-7-8-23(40)37-19-13-49-34-26-25(33-31(47-15-48-33)17(3)29(26)41)22(12-45-35(19)42)39-21(11-36)20-10-18-9-16(2)30(44-6)32(46-14-43-5)24(18)27(28(34)39)38(20)4/h9,19-22,27-28,34,41H,7-8,10,12-15H2,1-6H3,(H,37,40)/t19-,20-,21-,22-,27+,28?,34+/m0/s1. The summed E-state index contributed by atoms with van der Waals surface area (Å²) in [5.41, 5.74) is 4.75. The van der Waals surface area contributed by atoms with Crippen LogP contribution in [0.3, 0.4) is 0 Å². The number of carbonyl (C=O) groups excluding carboxylic acids is 2. The van der Waals surface area contributed by atoms with Gasteiger partial charge in [0.05, 0.1) is 30.5 Å². The van der Waals surface area contributed by atoms with Crippen LogP contribution in [0.1, 0.15) is 70.5 Å². The number of amides is 1. The summed E-state index contributed by atoms with van der Waals surface area (Å²) in [6.07, 6.45) is 1.48. The van der Waals surface area contributed by atoms with Gasteiger partial charge < -0.3 is 38.8 Å². The third-order valence-corrected chi connectivity index (χ3v) is 12.0. The lowest BCUT2D eigenvalue weighted by atomic mass is 9.71. The van der Waals surface area contributed by atoms with E-state index in [1.54, 1.807) is 21.1 Å². The molecule has 4 bridgehead atoms. The highest BCUT2D eigenvalue weighted by atomic mass is 32.2. The number of likely N-dealkylation sites (N-methyl/N-ethyl adjacent to an activating group) is 1. The van der Waals surface area contributed by atoms with Gasteiger partial charge in [-0.2, -0.15) is 5.26 Å². The third-order valence-electron chi connectivity index (χ3n) is 10.6. The number of aryl methyl sites for hydroxylation is 1. The molecule has 2 N–H and O–H groups in total. The van der Waals surface area contributed by atoms with Crippen LogP contribution in [0.25, 0.3) is 0 Å². The Morgan fingerprint density at radius 1 is 1.16 bits per heavy atom. The number of nitrogens with zero attached hydrogens (tertiary/aromatic N) is 3. The summed E-state index contributed by atoms with van der Waals surface area (Å²) in [5.74, 6) is 1.59. The Labute approximate surface area is 289 Å². The van der Waals surface area contributed by atoms with Gasteiger partial charge in [0.15, 0.2) is 29.8 Å². The van der Waals surface area contributed by atoms with Crippen LogP contribution in [0.5, 0.6) is 28.7 Å². The van der Waals surface area contributed by atoms with Crippen LogP contribution in [0.4, 0.5) is 0 Å². The predicted octanol–water partition coefficient (Wildman–Crippen LogP) is 3.57. The quantitative estimate of drug-likeness (QED) is 0.321. The smallest absolute Gasteiger partial charge is 0.329 e. The van der Waals surface area contributed by atoms with Crippen molar-refractivity contribution >= 4 is 23.6 Å². The summed E-state index contributed by atoms with van der Waals surface area (Å²) in [6.45, 7) is 5.53. The maximum atomic E-state index is 13.6. The fraction of sp³-hybridized carbons (Fsp3) is 0.571. The fourth-order valence-corrected chi connectivity index (χ4v) is 10.0. The molecule has 262 valence electrons. The monoisotopic (exact) mass is 694 g/mol. The minimum absolute atomic E-state index is 0.00348. The second-order valence-corrected chi connectivity index (χ2v) is 14.4. The molecule has 0 aromatic heterocycles. The van der Waals surface area contributed by atoms with E-state index in [4.69, 9.17) is 28.4 Å². The number of phenolic OH excluding ortho intramolecular Hbond substituents is 1. The minimum Gasteiger partial charge on any atom is -0.507 e. The van der Waals surface area contributed by atoms with E-state index >= 15 is 0 Å². The maximum absolute atomic E-state index is 13.6. The second-order valence-electron chi connectivity index (χ2n) is 13.2. The van der Waals surface area contributed by atoms with E-state index < -0.39 is 35.4 Å². The number of fused-ring (bicyclic) bond motifs is 10. The largest absolute Gasteiger partial charge is 0.507 e. The molecule has 14 heteroatoms. The second kappa shape index (κ2) is 13.1. The number of phenols is 1. The van der Waals surface area contributed by atoms with Crippen molar-refractivity contribution in [2.24, 2.45) is 0 Å². The summed E-state index contributed by atoms with van der Waals surface area (Å²) in [7, 11) is 5.21. The molecule has 0 spiro atoms. The summed E-state index contributed by atoms with van der Waals surface area (Å²) in [5, 5.41) is 25.4. The molecule has 13 nitrogen and oxygen atoms in total. The topological polar surface area (TPSA) is 152 Å². The number of thioether (sulfide) groups is 1. The number of benzene rings is 2. The van der Waals surface area contributed by atoms with Crippen LogP contribution in [0.15, 0.2) is 6.07 Å². The Kier molecular flexibility index (Phi) is 8.98. The van der Waals surface area contributed by atoms with Gasteiger partial charge in [-0.1, -0.05) is 13.0 Å². The van der Waals surface area contributed by atoms with Crippen molar-refractivity contribution in [3.63, 3.8) is 0 Å². The van der Waals surface area contributed by atoms with Crippen molar-refractivity contribution in [2.75, 3.05) is 47.2 Å². The highest BCUT2D eigenvalue weighted by Gasteiger charge is 2.60. The molecule has 49 heavy (non-hydrogen) atoms. The number of methoxy groups -OCH3 is 2. The van der Waals surface area contributed by atoms with Gasteiger partial charge in [-0.3, -0.25) is 14.6 Å². The van der Waals surface area contributed by atoms with Crippen LogP contribution in [-0.4, -0.2) is 98.2 Å². The number of hydrogen-bond donors (Lipinski definition) is 2. The normalized spacial score (nSPS) is 28.4. The Hall–Kier alpha value is -3.90. The molecular formula is C35H42N4O9S. The van der Waals surface area contributed by atoms with Crippen LogP contribution in [0, 0.1) is 25.2 Å². The summed E-state index contributed by atoms with van der Waals surface area (Å²) >= 11 is 1.45. The number of rotatable bonds is 7. The van der Waals surface area contributed by atoms with E-state index in [2.05, 4.69) is 27.3 Å². The van der Waals surface area contributed by atoms with Crippen LogP contribution in [-0.2, 0) is 25.5 Å². The molecule has 7 atom stereocenters. The Morgan fingerprint density at radius 2 is 1.94 bits per heavy atom. The summed E-state index contributed by atoms with van der Waals surface area (Å²) in [6, 6.07) is 1.55. The minimum atomic E-state index is -0.902. The number of hydrogen-bond acceptors (Lipinski definition) is 13. The Balaban J connectivity index is 1.48. The number of ether oxygens (including phenoxy) is 6. The van der Waals surface area contributed by atoms with Gasteiger partial charge in [-0.05, 0) is 44.9 Å². The third kappa shape index (κ3) is 5.16. The zero-order valence-corrected chi connectivity index (χ0v) is 29.3. The van der Waals surface area contributed by atoms with Crippen molar-refractivity contribution in [1.29, 1.82) is 5.26 Å². The lowest BCUT2D eigenvalue weighted by molar-refractivity contribution is -0.152. The van der Waals surface area contributed by atoms with Crippen molar-refractivity contribution in [3.05, 3.63) is 39.4 Å². The first kappa shape index (κ1) is 33.6. The first-order chi connectivity index (χ1) is 23.7. The van der Waals surface area contributed by atoms with Crippen LogP contribution >= 0.6 is 11.8 Å². The molecule has 6 heterocycles. The molecule has 0 aliphatic carbocycles. The zero-order chi connectivity index (χ0) is 34.7. The van der Waals surface area contributed by atoms with E-state index in [9.17, 15) is 20.0 Å². The number of piperazine rings is 1. The van der Waals surface area contributed by atoms with Crippen LogP contribution < -0.4 is 24.3 Å². The average molecular weight is 695 g/mol. The lowest BCUT2D eigenvalue weighted by Crippen LogP contribution is -2.69. The molecule has 2 fully saturated rings. The SMILES string of the molecule is CCCC(=O)N[C@H]1CS[C@@H]2c3c(O)c(C)c4c(c3[C@H](COC1=O)N1C2[C@H]2c3c(cc(C)c(OC)c3OCOC)C[C@@H]([C@@H]1C#N)N2C)OCO4. The van der Waals surface area contributed by atoms with Crippen molar-refractivity contribution in [3.8, 4) is 34.8 Å². The van der Waals surface area contributed by atoms with Gasteiger partial charge in [0.1, 0.15) is 24.4 Å². The maximum Gasteiger partial charge on any atom is 0.329 e. The van der Waals surface area contributed by atoms with Gasteiger partial charge >= 0.3 is 5.97 Å². The number of nitrogens with one attached hydrogen (secondary N) is 1. The molecule has 6 aliphatic heterocycles. The summed E-state index contributed by atoms with van der Waals surface area (Å²) < 4.78 is 35.6. The Bertz CT molecular complexity index is 1730. The van der Waals surface area contributed by atoms with E-state index in [-0.39, 0.29) is 56.1 Å². The summed E-state index contributed by atoms with van der Waals surface area (Å²) in [4.78, 5) is 30.8. The van der Waals surface area contributed by atoms with Gasteiger partial charge in [0.25, 0.3) is 0 Å². The van der Waals surface area contributed by atoms with Gasteiger partial charge in [0.2, 0.25) is 12.7 Å². The Morgan fingerprint density at radius 3 is 2.65 bits per heavy atom. The predicted molar refractivity (Wildman–Crippen MR) is 178 cm³/mol. The highest BCUT2D eigenvalue weighted by Crippen LogP contribution is 2.63. The van der Waals surface area contributed by atoms with Gasteiger partial charge in [-0.15, -0.1) is 11.8 Å². The molecule has 2 aromatic carbocycles.